The molecule has 0 bridgehead atoms. The molecule has 0 aromatic carbocycles. The summed E-state index contributed by atoms with van der Waals surface area (Å²) in [5, 5.41) is 6.03. The van der Waals surface area contributed by atoms with E-state index < -0.39 is 0 Å². The Balaban J connectivity index is 2.43. The highest BCUT2D eigenvalue weighted by molar-refractivity contribution is 7.14. The van der Waals surface area contributed by atoms with E-state index in [0.717, 1.165) is 36.8 Å². The Morgan fingerprint density at radius 3 is 3.06 bits per heavy atom. The van der Waals surface area contributed by atoms with E-state index in [9.17, 15) is 4.79 Å². The van der Waals surface area contributed by atoms with Crippen LogP contribution in [-0.4, -0.2) is 24.0 Å². The van der Waals surface area contributed by atoms with Crippen LogP contribution in [-0.2, 0) is 11.3 Å². The number of anilines is 1. The van der Waals surface area contributed by atoms with Crippen molar-refractivity contribution in [2.75, 3.05) is 18.0 Å². The van der Waals surface area contributed by atoms with Crippen LogP contribution in [0.4, 0.5) is 5.13 Å². The van der Waals surface area contributed by atoms with Crippen LogP contribution in [0.3, 0.4) is 0 Å². The largest absolute Gasteiger partial charge is 0.311 e. The summed E-state index contributed by atoms with van der Waals surface area (Å²) in [5.74, 6) is 2.64. The van der Waals surface area contributed by atoms with Gasteiger partial charge in [0.05, 0.1) is 5.69 Å². The maximum absolute atomic E-state index is 11.4. The van der Waals surface area contributed by atoms with E-state index in [2.05, 4.69) is 16.2 Å². The van der Waals surface area contributed by atoms with Crippen molar-refractivity contribution in [3.8, 4) is 12.3 Å². The molecule has 0 fully saturated rings. The number of rotatable bonds is 7. The minimum absolute atomic E-state index is 0.0281. The van der Waals surface area contributed by atoms with Crippen LogP contribution in [0.15, 0.2) is 5.38 Å². The number of terminal acetylenes is 1. The Kier molecular flexibility index (Phi) is 6.40. The van der Waals surface area contributed by atoms with Crippen LogP contribution < -0.4 is 10.2 Å². The first-order valence-electron chi connectivity index (χ1n) is 6.05. The van der Waals surface area contributed by atoms with Crippen molar-refractivity contribution in [1.29, 1.82) is 0 Å². The van der Waals surface area contributed by atoms with E-state index in [-0.39, 0.29) is 5.91 Å². The van der Waals surface area contributed by atoms with Crippen LogP contribution in [0.1, 0.15) is 32.4 Å². The smallest absolute Gasteiger partial charge is 0.225 e. The molecule has 4 nitrogen and oxygen atoms in total. The minimum atomic E-state index is 0.0281. The van der Waals surface area contributed by atoms with Crippen LogP contribution in [0, 0.1) is 12.3 Å². The molecule has 1 aromatic rings. The van der Waals surface area contributed by atoms with Gasteiger partial charge in [-0.25, -0.2) is 4.98 Å². The molecule has 0 saturated heterocycles. The normalized spacial score (nSPS) is 10.1. The molecule has 1 heterocycles. The average molecular weight is 265 g/mol. The van der Waals surface area contributed by atoms with E-state index in [4.69, 9.17) is 6.42 Å². The molecule has 0 aliphatic carbocycles. The van der Waals surface area contributed by atoms with Gasteiger partial charge >= 0.3 is 0 Å². The molecule has 18 heavy (non-hydrogen) atoms. The standard InChI is InChI=1S/C13H19N3OS/c1-4-6-7-8-14-9-12-10-18-13(15-12)16(5-2)11(3)17/h1,10,14H,5-9H2,2-3H3. The van der Waals surface area contributed by atoms with Gasteiger partial charge in [0.2, 0.25) is 5.91 Å². The summed E-state index contributed by atoms with van der Waals surface area (Å²) in [4.78, 5) is 17.5. The summed E-state index contributed by atoms with van der Waals surface area (Å²) in [6.45, 7) is 5.76. The maximum atomic E-state index is 11.4. The van der Waals surface area contributed by atoms with Crippen molar-refractivity contribution >= 4 is 22.4 Å². The van der Waals surface area contributed by atoms with Crippen LogP contribution in [0.2, 0.25) is 0 Å². The zero-order valence-corrected chi connectivity index (χ0v) is 11.7. The van der Waals surface area contributed by atoms with Crippen molar-refractivity contribution < 1.29 is 4.79 Å². The second-order valence-electron chi connectivity index (χ2n) is 3.87. The van der Waals surface area contributed by atoms with Gasteiger partial charge in [0.15, 0.2) is 5.13 Å². The fourth-order valence-electron chi connectivity index (χ4n) is 1.53. The number of hydrogen-bond donors (Lipinski definition) is 1. The van der Waals surface area contributed by atoms with Crippen LogP contribution in [0.25, 0.3) is 0 Å². The SMILES string of the molecule is C#CCCCNCc1csc(N(CC)C(C)=O)n1. The van der Waals surface area contributed by atoms with Gasteiger partial charge in [-0.2, -0.15) is 0 Å². The minimum Gasteiger partial charge on any atom is -0.311 e. The highest BCUT2D eigenvalue weighted by atomic mass is 32.1. The topological polar surface area (TPSA) is 45.2 Å². The van der Waals surface area contributed by atoms with E-state index in [1.165, 1.54) is 11.3 Å². The number of nitrogens with zero attached hydrogens (tertiary/aromatic N) is 2. The number of aromatic nitrogens is 1. The van der Waals surface area contributed by atoms with Crippen LogP contribution >= 0.6 is 11.3 Å². The van der Waals surface area contributed by atoms with Crippen molar-refractivity contribution in [2.45, 2.75) is 33.2 Å². The summed E-state index contributed by atoms with van der Waals surface area (Å²) in [6, 6.07) is 0. The molecule has 1 N–H and O–H groups in total. The van der Waals surface area contributed by atoms with Gasteiger partial charge in [0, 0.05) is 31.8 Å². The number of carbonyl (C=O) groups excluding carboxylic acids is 1. The average Bonchev–Trinajstić information content (AvgIpc) is 2.78. The molecule has 0 saturated carbocycles. The van der Waals surface area contributed by atoms with E-state index in [1.807, 2.05) is 12.3 Å². The maximum Gasteiger partial charge on any atom is 0.225 e. The molecule has 0 unspecified atom stereocenters. The zero-order chi connectivity index (χ0) is 13.4. The van der Waals surface area contributed by atoms with Crippen molar-refractivity contribution in [3.63, 3.8) is 0 Å². The lowest BCUT2D eigenvalue weighted by Crippen LogP contribution is -2.27. The first kappa shape index (κ1) is 14.7. The van der Waals surface area contributed by atoms with Gasteiger partial charge in [-0.1, -0.05) is 0 Å². The van der Waals surface area contributed by atoms with Gasteiger partial charge in [-0.3, -0.25) is 9.69 Å². The number of thiazole rings is 1. The third-order valence-corrected chi connectivity index (χ3v) is 3.36. The molecule has 0 radical (unpaired) electrons. The molecular weight excluding hydrogens is 246 g/mol. The lowest BCUT2D eigenvalue weighted by Gasteiger charge is -2.14. The number of carbonyl (C=O) groups is 1. The Morgan fingerprint density at radius 2 is 2.44 bits per heavy atom. The highest BCUT2D eigenvalue weighted by Gasteiger charge is 2.12. The monoisotopic (exact) mass is 265 g/mol. The fraction of sp³-hybridized carbons (Fsp3) is 0.538. The summed E-state index contributed by atoms with van der Waals surface area (Å²) in [6.07, 6.45) is 6.95. The first-order chi connectivity index (χ1) is 8.69. The fourth-order valence-corrected chi connectivity index (χ4v) is 2.46. The van der Waals surface area contributed by atoms with Gasteiger partial charge in [0.1, 0.15) is 0 Å². The number of nitrogens with one attached hydrogen (secondary N) is 1. The van der Waals surface area contributed by atoms with Crippen molar-refractivity contribution in [3.05, 3.63) is 11.1 Å². The molecule has 5 heteroatoms. The Labute approximate surface area is 112 Å². The zero-order valence-electron chi connectivity index (χ0n) is 10.9. The summed E-state index contributed by atoms with van der Waals surface area (Å²) < 4.78 is 0. The molecule has 1 rings (SSSR count). The summed E-state index contributed by atoms with van der Waals surface area (Å²) >= 11 is 1.50. The third kappa shape index (κ3) is 4.47. The highest BCUT2D eigenvalue weighted by Crippen LogP contribution is 2.20. The molecule has 98 valence electrons. The Bertz CT molecular complexity index is 422. The third-order valence-electron chi connectivity index (χ3n) is 2.45. The second-order valence-corrected chi connectivity index (χ2v) is 4.71. The quantitative estimate of drug-likeness (QED) is 0.606. The van der Waals surface area contributed by atoms with Gasteiger partial charge in [0.25, 0.3) is 0 Å². The molecular formula is C13H19N3OS. The second kappa shape index (κ2) is 7.85. The summed E-state index contributed by atoms with van der Waals surface area (Å²) in [7, 11) is 0. The van der Waals surface area contributed by atoms with Gasteiger partial charge in [-0.05, 0) is 19.9 Å². The molecule has 0 atom stereocenters. The lowest BCUT2D eigenvalue weighted by molar-refractivity contribution is -0.116. The van der Waals surface area contributed by atoms with Crippen molar-refractivity contribution in [2.24, 2.45) is 0 Å². The van der Waals surface area contributed by atoms with Gasteiger partial charge in [-0.15, -0.1) is 23.7 Å². The lowest BCUT2D eigenvalue weighted by atomic mass is 10.3. The number of hydrogen-bond acceptors (Lipinski definition) is 4. The van der Waals surface area contributed by atoms with E-state index in [0.29, 0.717) is 6.54 Å². The predicted molar refractivity (Wildman–Crippen MR) is 75.6 cm³/mol. The number of amides is 1. The van der Waals surface area contributed by atoms with E-state index >= 15 is 0 Å². The molecule has 0 spiro atoms. The number of unbranched alkanes of at least 4 members (excludes halogenated alkanes) is 1. The Hall–Kier alpha value is -1.38. The first-order valence-corrected chi connectivity index (χ1v) is 6.93. The predicted octanol–water partition coefficient (Wildman–Crippen LogP) is 2.02. The molecule has 1 aromatic heterocycles. The van der Waals surface area contributed by atoms with E-state index in [1.54, 1.807) is 11.8 Å². The van der Waals surface area contributed by atoms with Crippen molar-refractivity contribution in [1.82, 2.24) is 10.3 Å². The van der Waals surface area contributed by atoms with Gasteiger partial charge < -0.3 is 5.32 Å². The molecule has 0 aliphatic rings. The molecule has 1 amide bonds. The van der Waals surface area contributed by atoms with Crippen LogP contribution in [0.5, 0.6) is 0 Å². The Morgan fingerprint density at radius 1 is 1.67 bits per heavy atom. The summed E-state index contributed by atoms with van der Waals surface area (Å²) in [5.41, 5.74) is 0.968. The molecule has 0 aliphatic heterocycles.